The second kappa shape index (κ2) is 12.0. The van der Waals surface area contributed by atoms with E-state index >= 15 is 0 Å². The molecule has 0 unspecified atom stereocenters. The van der Waals surface area contributed by atoms with Crippen molar-refractivity contribution in [1.82, 2.24) is 0 Å². The van der Waals surface area contributed by atoms with Crippen molar-refractivity contribution >= 4 is 0 Å². The SMILES string of the molecule is CC(C)(C)c1c(O)c(C(C)(C)C)c(C(C)(C)C)c(C(C)(C)c2c(C(C)(C)C)c(C(C)(C)C)c(O)c(C(C)(C)C)c2C(C)(C)C)c1C(C)(C)C. The molecule has 0 fully saturated rings. The van der Waals surface area contributed by atoms with E-state index in [0.717, 1.165) is 22.3 Å². The van der Waals surface area contributed by atoms with Gasteiger partial charge in [-0.05, 0) is 76.7 Å². The van der Waals surface area contributed by atoms with Gasteiger partial charge in [0.25, 0.3) is 0 Å². The number of hydrogen-bond donors (Lipinski definition) is 2. The average Bonchev–Trinajstić information content (AvgIpc) is 2.76. The Bertz CT molecular complexity index is 1340. The third kappa shape index (κ3) is 7.94. The first-order valence-corrected chi connectivity index (χ1v) is 18.9. The van der Waals surface area contributed by atoms with E-state index in [0.29, 0.717) is 11.5 Å². The smallest absolute Gasteiger partial charge is 0.123 e. The van der Waals surface area contributed by atoms with Crippen LogP contribution in [0.5, 0.6) is 11.5 Å². The lowest BCUT2D eigenvalue weighted by Gasteiger charge is -2.49. The van der Waals surface area contributed by atoms with Crippen LogP contribution < -0.4 is 0 Å². The van der Waals surface area contributed by atoms with Crippen LogP contribution in [0.4, 0.5) is 0 Å². The van der Waals surface area contributed by atoms with E-state index in [1.807, 2.05) is 0 Å². The summed E-state index contributed by atoms with van der Waals surface area (Å²) in [6.07, 6.45) is 0. The van der Waals surface area contributed by atoms with Crippen molar-refractivity contribution in [3.63, 3.8) is 0 Å². The Hall–Kier alpha value is -1.96. The first-order valence-electron chi connectivity index (χ1n) is 18.9. The van der Waals surface area contributed by atoms with Crippen molar-refractivity contribution in [2.45, 2.75) is 229 Å². The molecule has 49 heavy (non-hydrogen) atoms. The van der Waals surface area contributed by atoms with Crippen LogP contribution in [0.1, 0.15) is 236 Å². The average molecular weight is 677 g/mol. The molecule has 0 bridgehead atoms. The first kappa shape index (κ1) is 43.2. The Morgan fingerprint density at radius 2 is 0.327 bits per heavy atom. The summed E-state index contributed by atoms with van der Waals surface area (Å²) in [6.45, 7) is 59.9. The van der Waals surface area contributed by atoms with Crippen molar-refractivity contribution in [3.05, 3.63) is 55.6 Å². The Kier molecular flexibility index (Phi) is 10.6. The van der Waals surface area contributed by atoms with Gasteiger partial charge in [-0.3, -0.25) is 0 Å². The zero-order chi connectivity index (χ0) is 39.4. The highest BCUT2D eigenvalue weighted by molar-refractivity contribution is 5.71. The molecule has 2 heteroatoms. The van der Waals surface area contributed by atoms with E-state index in [1.165, 1.54) is 33.4 Å². The molecule has 2 aromatic rings. The summed E-state index contributed by atoms with van der Waals surface area (Å²) in [6, 6.07) is 0. The molecule has 2 N–H and O–H groups in total. The molecule has 0 amide bonds. The lowest BCUT2D eigenvalue weighted by atomic mass is 9.55. The van der Waals surface area contributed by atoms with Gasteiger partial charge in [0, 0.05) is 27.7 Å². The summed E-state index contributed by atoms with van der Waals surface area (Å²) >= 11 is 0. The van der Waals surface area contributed by atoms with Crippen LogP contribution in [-0.2, 0) is 48.7 Å². The van der Waals surface area contributed by atoms with Gasteiger partial charge in [-0.25, -0.2) is 0 Å². The van der Waals surface area contributed by atoms with Crippen LogP contribution in [-0.4, -0.2) is 10.2 Å². The zero-order valence-corrected chi connectivity index (χ0v) is 37.4. The van der Waals surface area contributed by atoms with Crippen LogP contribution in [0, 0.1) is 0 Å². The molecule has 0 aromatic heterocycles. The van der Waals surface area contributed by atoms with E-state index in [1.54, 1.807) is 0 Å². The van der Waals surface area contributed by atoms with Crippen molar-refractivity contribution in [2.24, 2.45) is 0 Å². The van der Waals surface area contributed by atoms with Crippen LogP contribution >= 0.6 is 0 Å². The van der Waals surface area contributed by atoms with Gasteiger partial charge >= 0.3 is 0 Å². The van der Waals surface area contributed by atoms with Gasteiger partial charge in [-0.2, -0.15) is 0 Å². The molecular formula is C47H80O2. The molecule has 2 rings (SSSR count). The number of aromatic hydroxyl groups is 2. The molecule has 0 aliphatic heterocycles. The van der Waals surface area contributed by atoms with Crippen LogP contribution in [0.3, 0.4) is 0 Å². The zero-order valence-electron chi connectivity index (χ0n) is 37.4. The fourth-order valence-electron chi connectivity index (χ4n) is 8.77. The topological polar surface area (TPSA) is 40.5 Å². The van der Waals surface area contributed by atoms with E-state index in [2.05, 4.69) is 180 Å². The number of phenolic OH excluding ortho intramolecular Hbond substituents is 2. The van der Waals surface area contributed by atoms with Gasteiger partial charge in [0.05, 0.1) is 0 Å². The maximum Gasteiger partial charge on any atom is 0.123 e. The van der Waals surface area contributed by atoms with Crippen molar-refractivity contribution in [3.8, 4) is 11.5 Å². The van der Waals surface area contributed by atoms with Crippen molar-refractivity contribution < 1.29 is 10.2 Å². The molecule has 2 aromatic carbocycles. The minimum absolute atomic E-state index is 0.274. The lowest BCUT2D eigenvalue weighted by molar-refractivity contribution is 0.388. The molecule has 0 saturated heterocycles. The largest absolute Gasteiger partial charge is 0.507 e. The van der Waals surface area contributed by atoms with Gasteiger partial charge in [0.2, 0.25) is 0 Å². The van der Waals surface area contributed by atoms with E-state index in [9.17, 15) is 10.2 Å². The van der Waals surface area contributed by atoms with Crippen LogP contribution in [0.2, 0.25) is 0 Å². The first-order chi connectivity index (χ1) is 21.0. The van der Waals surface area contributed by atoms with Gasteiger partial charge in [0.15, 0.2) is 0 Å². The Balaban J connectivity index is 3.95. The van der Waals surface area contributed by atoms with Gasteiger partial charge in [-0.15, -0.1) is 0 Å². The van der Waals surface area contributed by atoms with E-state index < -0.39 is 5.41 Å². The van der Waals surface area contributed by atoms with Gasteiger partial charge in [-0.1, -0.05) is 180 Å². The minimum atomic E-state index is -0.530. The quantitative estimate of drug-likeness (QED) is 0.332. The minimum Gasteiger partial charge on any atom is -0.507 e. The molecule has 0 heterocycles. The molecule has 0 saturated carbocycles. The molecule has 0 atom stereocenters. The normalized spacial score (nSPS) is 14.9. The second-order valence-corrected chi connectivity index (χ2v) is 24.1. The molecule has 280 valence electrons. The van der Waals surface area contributed by atoms with Crippen molar-refractivity contribution in [2.75, 3.05) is 0 Å². The predicted molar refractivity (Wildman–Crippen MR) is 218 cm³/mol. The molecular weight excluding hydrogens is 597 g/mol. The van der Waals surface area contributed by atoms with Crippen LogP contribution in [0.15, 0.2) is 0 Å². The van der Waals surface area contributed by atoms with Crippen LogP contribution in [0.25, 0.3) is 0 Å². The summed E-state index contributed by atoms with van der Waals surface area (Å²) in [4.78, 5) is 0. The standard InChI is InChI=1S/C47H80O2/c1-39(2,3)27-31(28(40(4,5)6)34(44(16,17)18)37(48)33(27)43(13,14)15)47(25,26)32-29(41(7,8)9)35(45(19,20)21)38(49)36(46(22,23)24)30(32)42(10,11)12/h48-49H,1-26H3. The maximum absolute atomic E-state index is 12.7. The number of phenols is 2. The lowest BCUT2D eigenvalue weighted by Crippen LogP contribution is -2.41. The third-order valence-corrected chi connectivity index (χ3v) is 10.2. The predicted octanol–water partition coefficient (Wildman–Crippen LogP) is 13.8. The Morgan fingerprint density at radius 1 is 0.204 bits per heavy atom. The molecule has 0 radical (unpaired) electrons. The van der Waals surface area contributed by atoms with E-state index in [4.69, 9.17) is 0 Å². The highest BCUT2D eigenvalue weighted by Crippen LogP contribution is 2.60. The second-order valence-electron chi connectivity index (χ2n) is 24.1. The maximum atomic E-state index is 12.7. The van der Waals surface area contributed by atoms with Gasteiger partial charge in [0.1, 0.15) is 11.5 Å². The fraction of sp³-hybridized carbons (Fsp3) is 0.745. The highest BCUT2D eigenvalue weighted by Gasteiger charge is 2.49. The summed E-state index contributed by atoms with van der Waals surface area (Å²) in [5.41, 5.74) is 9.04. The Morgan fingerprint density at radius 3 is 0.429 bits per heavy atom. The summed E-state index contributed by atoms with van der Waals surface area (Å²) < 4.78 is 0. The van der Waals surface area contributed by atoms with Gasteiger partial charge < -0.3 is 10.2 Å². The molecule has 0 aliphatic carbocycles. The highest BCUT2D eigenvalue weighted by atomic mass is 16.3. The fourth-order valence-corrected chi connectivity index (χ4v) is 8.77. The third-order valence-electron chi connectivity index (χ3n) is 10.2. The number of rotatable bonds is 2. The number of benzene rings is 2. The molecule has 0 spiro atoms. The molecule has 2 nitrogen and oxygen atoms in total. The van der Waals surface area contributed by atoms with Crippen molar-refractivity contribution in [1.29, 1.82) is 0 Å². The molecule has 0 aliphatic rings. The Labute approximate surface area is 305 Å². The van der Waals surface area contributed by atoms with E-state index in [-0.39, 0.29) is 43.3 Å². The summed E-state index contributed by atoms with van der Waals surface area (Å²) in [5, 5.41) is 25.4. The monoisotopic (exact) mass is 677 g/mol. The number of hydrogen-bond acceptors (Lipinski definition) is 2. The summed E-state index contributed by atoms with van der Waals surface area (Å²) in [5.74, 6) is 0.913. The summed E-state index contributed by atoms with van der Waals surface area (Å²) in [7, 11) is 0.